The lowest BCUT2D eigenvalue weighted by Crippen LogP contribution is -2.14. The number of aromatic carboxylic acids is 1. The maximum Gasteiger partial charge on any atom is 0.417 e. The minimum atomic E-state index is -4.85. The van der Waals surface area contributed by atoms with Crippen LogP contribution < -0.4 is 9.47 Å². The smallest absolute Gasteiger partial charge is 0.417 e. The topological polar surface area (TPSA) is 55.8 Å². The van der Waals surface area contributed by atoms with Crippen LogP contribution in [0.15, 0.2) is 72.8 Å². The van der Waals surface area contributed by atoms with E-state index in [2.05, 4.69) is 0 Å². The summed E-state index contributed by atoms with van der Waals surface area (Å²) in [6.07, 6.45) is -4.85. The maximum atomic E-state index is 13.4. The van der Waals surface area contributed by atoms with Gasteiger partial charge in [0.15, 0.2) is 11.5 Å². The second-order valence-corrected chi connectivity index (χ2v) is 6.20. The third-order valence-corrected chi connectivity index (χ3v) is 4.09. The molecule has 3 aromatic rings. The second kappa shape index (κ2) is 8.68. The number of carboxylic acids is 1. The summed E-state index contributed by atoms with van der Waals surface area (Å²) < 4.78 is 51.3. The number of hydrogen-bond acceptors (Lipinski definition) is 3. The first-order valence-electron chi connectivity index (χ1n) is 8.66. The highest BCUT2D eigenvalue weighted by Crippen LogP contribution is 2.40. The van der Waals surface area contributed by atoms with E-state index >= 15 is 0 Å². The number of ether oxygens (including phenoxy) is 2. The summed E-state index contributed by atoms with van der Waals surface area (Å²) in [5.41, 5.74) is -0.664. The molecule has 0 heterocycles. The zero-order valence-electron chi connectivity index (χ0n) is 15.1. The summed E-state index contributed by atoms with van der Waals surface area (Å²) in [4.78, 5) is 11.4. The molecule has 0 saturated carbocycles. The number of benzene rings is 3. The Labute approximate surface area is 165 Å². The fourth-order valence-corrected chi connectivity index (χ4v) is 2.67. The molecule has 0 aromatic heterocycles. The molecule has 1 N–H and O–H groups in total. The average Bonchev–Trinajstić information content (AvgIpc) is 2.71. The highest BCUT2D eigenvalue weighted by molar-refractivity contribution is 5.90. The Balaban J connectivity index is 1.95. The molecule has 0 bridgehead atoms. The van der Waals surface area contributed by atoms with Crippen molar-refractivity contribution in [2.45, 2.75) is 19.4 Å². The SMILES string of the molecule is O=C(O)c1cc(OCc2ccccc2)c(OCc2ccccc2)cc1C(F)(F)F. The van der Waals surface area contributed by atoms with E-state index in [0.29, 0.717) is 6.07 Å². The van der Waals surface area contributed by atoms with E-state index in [0.717, 1.165) is 17.2 Å². The monoisotopic (exact) mass is 402 g/mol. The molecule has 0 atom stereocenters. The van der Waals surface area contributed by atoms with E-state index in [-0.39, 0.29) is 24.7 Å². The first-order chi connectivity index (χ1) is 13.8. The number of rotatable bonds is 7. The Hall–Kier alpha value is -3.48. The van der Waals surface area contributed by atoms with Crippen molar-refractivity contribution in [2.24, 2.45) is 0 Å². The lowest BCUT2D eigenvalue weighted by molar-refractivity contribution is -0.138. The molecular formula is C22H17F3O4. The average molecular weight is 402 g/mol. The van der Waals surface area contributed by atoms with Gasteiger partial charge in [0, 0.05) is 0 Å². The van der Waals surface area contributed by atoms with Gasteiger partial charge in [0.2, 0.25) is 0 Å². The quantitative estimate of drug-likeness (QED) is 0.562. The second-order valence-electron chi connectivity index (χ2n) is 6.20. The van der Waals surface area contributed by atoms with Crippen LogP contribution in [0.25, 0.3) is 0 Å². The van der Waals surface area contributed by atoms with Crippen LogP contribution in [0.2, 0.25) is 0 Å². The molecule has 0 unspecified atom stereocenters. The Morgan fingerprint density at radius 1 is 0.793 bits per heavy atom. The van der Waals surface area contributed by atoms with E-state index < -0.39 is 23.3 Å². The van der Waals surface area contributed by atoms with Crippen LogP contribution in [0.1, 0.15) is 27.0 Å². The standard InChI is InChI=1S/C22H17F3O4/c23-22(24,25)18-12-20(29-14-16-9-5-2-6-10-16)19(11-17(18)21(26)27)28-13-15-7-3-1-4-8-15/h1-12H,13-14H2,(H,26,27). The van der Waals surface area contributed by atoms with Crippen molar-refractivity contribution in [3.63, 3.8) is 0 Å². The molecule has 0 fully saturated rings. The number of hydrogen-bond donors (Lipinski definition) is 1. The van der Waals surface area contributed by atoms with E-state index in [9.17, 15) is 23.1 Å². The minimum Gasteiger partial charge on any atom is -0.485 e. The molecule has 150 valence electrons. The summed E-state index contributed by atoms with van der Waals surface area (Å²) in [6, 6.07) is 19.4. The number of alkyl halides is 3. The fraction of sp³-hybridized carbons (Fsp3) is 0.136. The summed E-state index contributed by atoms with van der Waals surface area (Å²) in [6.45, 7) is 0.0548. The Morgan fingerprint density at radius 2 is 1.24 bits per heavy atom. The van der Waals surface area contributed by atoms with Gasteiger partial charge in [-0.3, -0.25) is 0 Å². The molecule has 0 spiro atoms. The van der Waals surface area contributed by atoms with Crippen molar-refractivity contribution in [3.8, 4) is 11.5 Å². The predicted molar refractivity (Wildman–Crippen MR) is 100.0 cm³/mol. The molecule has 3 aromatic carbocycles. The molecule has 0 amide bonds. The maximum absolute atomic E-state index is 13.4. The molecule has 0 aliphatic carbocycles. The van der Waals surface area contributed by atoms with Gasteiger partial charge in [-0.1, -0.05) is 60.7 Å². The van der Waals surface area contributed by atoms with Crippen molar-refractivity contribution in [1.82, 2.24) is 0 Å². The van der Waals surface area contributed by atoms with Gasteiger partial charge in [-0.05, 0) is 23.3 Å². The van der Waals surface area contributed by atoms with Crippen molar-refractivity contribution in [1.29, 1.82) is 0 Å². The number of carboxylic acid groups (broad SMARTS) is 1. The van der Waals surface area contributed by atoms with Gasteiger partial charge in [-0.25, -0.2) is 4.79 Å². The fourth-order valence-electron chi connectivity index (χ4n) is 2.67. The summed E-state index contributed by atoms with van der Waals surface area (Å²) in [5, 5.41) is 9.24. The van der Waals surface area contributed by atoms with E-state index in [1.54, 1.807) is 54.6 Å². The van der Waals surface area contributed by atoms with Gasteiger partial charge in [0.1, 0.15) is 13.2 Å². The normalized spacial score (nSPS) is 11.1. The van der Waals surface area contributed by atoms with E-state index in [1.165, 1.54) is 0 Å². The van der Waals surface area contributed by atoms with Crippen LogP contribution in [-0.4, -0.2) is 11.1 Å². The molecule has 3 rings (SSSR count). The van der Waals surface area contributed by atoms with Crippen LogP contribution in [-0.2, 0) is 19.4 Å². The third kappa shape index (κ3) is 5.28. The first-order valence-corrected chi connectivity index (χ1v) is 8.66. The third-order valence-electron chi connectivity index (χ3n) is 4.09. The van der Waals surface area contributed by atoms with Crippen LogP contribution in [0.5, 0.6) is 11.5 Å². The lowest BCUT2D eigenvalue weighted by atomic mass is 10.1. The van der Waals surface area contributed by atoms with Gasteiger partial charge in [-0.2, -0.15) is 13.2 Å². The summed E-state index contributed by atoms with van der Waals surface area (Å²) in [7, 11) is 0. The lowest BCUT2D eigenvalue weighted by Gasteiger charge is -2.17. The van der Waals surface area contributed by atoms with Crippen molar-refractivity contribution in [3.05, 3.63) is 95.1 Å². The zero-order valence-corrected chi connectivity index (χ0v) is 15.1. The van der Waals surface area contributed by atoms with E-state index in [4.69, 9.17) is 9.47 Å². The van der Waals surface area contributed by atoms with E-state index in [1.807, 2.05) is 6.07 Å². The molecule has 29 heavy (non-hydrogen) atoms. The molecule has 4 nitrogen and oxygen atoms in total. The molecule has 0 radical (unpaired) electrons. The highest BCUT2D eigenvalue weighted by Gasteiger charge is 2.37. The van der Waals surface area contributed by atoms with Gasteiger partial charge < -0.3 is 14.6 Å². The summed E-state index contributed by atoms with van der Waals surface area (Å²) >= 11 is 0. The number of carbonyl (C=O) groups is 1. The van der Waals surface area contributed by atoms with Gasteiger partial charge in [-0.15, -0.1) is 0 Å². The van der Waals surface area contributed by atoms with Crippen LogP contribution in [0.4, 0.5) is 13.2 Å². The van der Waals surface area contributed by atoms with Crippen LogP contribution in [0, 0.1) is 0 Å². The zero-order chi connectivity index (χ0) is 20.9. The Bertz CT molecular complexity index is 971. The molecule has 0 aliphatic rings. The Kier molecular flexibility index (Phi) is 6.07. The van der Waals surface area contributed by atoms with Crippen molar-refractivity contribution < 1.29 is 32.5 Å². The van der Waals surface area contributed by atoms with Crippen LogP contribution in [0.3, 0.4) is 0 Å². The first kappa shape index (κ1) is 20.3. The molecule has 0 saturated heterocycles. The minimum absolute atomic E-state index is 0.00620. The van der Waals surface area contributed by atoms with Gasteiger partial charge >= 0.3 is 12.1 Å². The van der Waals surface area contributed by atoms with Crippen molar-refractivity contribution in [2.75, 3.05) is 0 Å². The van der Waals surface area contributed by atoms with Crippen molar-refractivity contribution >= 4 is 5.97 Å². The molecule has 7 heteroatoms. The van der Waals surface area contributed by atoms with Crippen LogP contribution >= 0.6 is 0 Å². The summed E-state index contributed by atoms with van der Waals surface area (Å²) in [5.74, 6) is -1.95. The Morgan fingerprint density at radius 3 is 1.66 bits per heavy atom. The van der Waals surface area contributed by atoms with Gasteiger partial charge in [0.25, 0.3) is 0 Å². The van der Waals surface area contributed by atoms with Gasteiger partial charge in [0.05, 0.1) is 11.1 Å². The number of halogens is 3. The highest BCUT2D eigenvalue weighted by atomic mass is 19.4. The predicted octanol–water partition coefficient (Wildman–Crippen LogP) is 5.56. The molecular weight excluding hydrogens is 385 g/mol. The molecule has 0 aliphatic heterocycles. The largest absolute Gasteiger partial charge is 0.485 e.